The third kappa shape index (κ3) is 25.1. The van der Waals surface area contributed by atoms with Crippen molar-refractivity contribution in [1.29, 1.82) is 0 Å². The molecule has 2 nitrogen and oxygen atoms in total. The number of carbonyl (C=O) groups excluding carboxylic acids is 1. The molecule has 2 N–H and O–H groups in total. The van der Waals surface area contributed by atoms with Gasteiger partial charge in [0.25, 0.3) is 0 Å². The summed E-state index contributed by atoms with van der Waals surface area (Å²) in [5, 5.41) is 0. The number of nitrogens with two attached hydrogens (primary N) is 1. The van der Waals surface area contributed by atoms with Crippen LogP contribution in [0, 0.1) is 0 Å². The van der Waals surface area contributed by atoms with Crippen molar-refractivity contribution in [3.05, 3.63) is 0 Å². The molecule has 0 aliphatic carbocycles. The predicted molar refractivity (Wildman–Crippen MR) is 19.3 cm³/mol. The first-order chi connectivity index (χ1) is 1.41. The van der Waals surface area contributed by atoms with Crippen molar-refractivity contribution in [3.8, 4) is 0 Å². The Morgan fingerprint density at radius 2 is 1.80 bits per heavy atom. The zero-order valence-corrected chi connectivity index (χ0v) is 7.81. The minimum absolute atomic E-state index is 0. The van der Waals surface area contributed by atoms with E-state index in [4.69, 9.17) is 4.79 Å². The molecular weight excluding hydrogens is 105 g/mol. The fourth-order valence-corrected chi connectivity index (χ4v) is 0. The molecule has 0 heterocycles. The van der Waals surface area contributed by atoms with Crippen molar-refractivity contribution in [2.75, 3.05) is 0 Å². The van der Waals surface area contributed by atoms with Crippen molar-refractivity contribution in [1.82, 2.24) is 0 Å². The van der Waals surface area contributed by atoms with E-state index in [0.29, 0.717) is 0 Å². The van der Waals surface area contributed by atoms with Crippen LogP contribution in [0.15, 0.2) is 0 Å². The van der Waals surface area contributed by atoms with Crippen molar-refractivity contribution in [2.24, 2.45) is 5.73 Å². The Morgan fingerprint density at radius 1 is 1.80 bits per heavy atom. The van der Waals surface area contributed by atoms with E-state index < -0.39 is 0 Å². The van der Waals surface area contributed by atoms with E-state index in [1.165, 1.54) is 0 Å². The van der Waals surface area contributed by atoms with Crippen LogP contribution >= 0.6 is 0 Å². The molecule has 0 fully saturated rings. The van der Waals surface area contributed by atoms with E-state index in [1.54, 1.807) is 0 Å². The van der Waals surface area contributed by atoms with Gasteiger partial charge in [-0.2, -0.15) is 0 Å². The topological polar surface area (TPSA) is 43.1 Å². The molecule has 0 unspecified atom stereocenters. The van der Waals surface area contributed by atoms with E-state index in [-0.39, 0.29) is 85.1 Å². The van der Waals surface area contributed by atoms with E-state index in [1.807, 2.05) is 0 Å². The number of hydrogen-bond donors (Lipinski definition) is 1. The molecule has 0 aromatic heterocycles. The molecule has 0 aromatic rings. The second-order valence-corrected chi connectivity index (χ2v) is 0.136. The predicted octanol–water partition coefficient (Wildman–Crippen LogP) is -3.94. The summed E-state index contributed by atoms with van der Waals surface area (Å²) in [5.74, 6) is 0. The van der Waals surface area contributed by atoms with Crippen LogP contribution < -0.4 is 57.1 Å². The summed E-state index contributed by atoms with van der Waals surface area (Å²) in [4.78, 5) is 8.58. The quantitative estimate of drug-likeness (QED) is 0.252. The van der Waals surface area contributed by atoms with Crippen LogP contribution in [0.25, 0.3) is 0 Å². The molecule has 0 spiro atoms. The van der Waals surface area contributed by atoms with Gasteiger partial charge in [-0.05, 0) is 0 Å². The zero-order chi connectivity index (χ0) is 2.71. The molecule has 0 radical (unpaired) electrons. The largest absolute Gasteiger partial charge is 2.00 e. The molecular formula is CH6KMgNO. The maximum absolute atomic E-state index is 8.58. The number of hydrogen-bond acceptors (Lipinski definition) is 1. The van der Waals surface area contributed by atoms with E-state index in [0.717, 1.165) is 0 Å². The van der Waals surface area contributed by atoms with Gasteiger partial charge in [0, 0.05) is 0 Å². The summed E-state index contributed by atoms with van der Waals surface area (Å²) in [6.07, 6.45) is 0.250. The smallest absolute Gasteiger partial charge is 1.00 e. The minimum atomic E-state index is 0. The first-order valence-electron chi connectivity index (χ1n) is 0.569. The first kappa shape index (κ1) is 15.8. The van der Waals surface area contributed by atoms with Gasteiger partial charge < -0.3 is 10.0 Å². The van der Waals surface area contributed by atoms with Crippen LogP contribution in [0.5, 0.6) is 0 Å². The van der Waals surface area contributed by atoms with Crippen LogP contribution in [-0.2, 0) is 4.79 Å². The SMILES string of the molecule is NC=O.[H-].[H-].[H-].[K+].[Mg+2]. The van der Waals surface area contributed by atoms with Gasteiger partial charge in [-0.25, -0.2) is 0 Å². The number of rotatable bonds is 0. The molecule has 4 heteroatoms. The Bertz CT molecular complexity index is 26.8. The van der Waals surface area contributed by atoms with Gasteiger partial charge in [-0.15, -0.1) is 0 Å². The summed E-state index contributed by atoms with van der Waals surface area (Å²) in [6, 6.07) is 0. The summed E-state index contributed by atoms with van der Waals surface area (Å²) in [7, 11) is 0. The molecule has 0 bridgehead atoms. The Balaban J connectivity index is -0.00000000200. The third-order valence-electron chi connectivity index (χ3n) is 0. The molecule has 0 atom stereocenters. The molecule has 24 valence electrons. The average molecular weight is 111 g/mol. The molecule has 1 amide bonds. The molecule has 0 saturated carbocycles. The van der Waals surface area contributed by atoms with Crippen LogP contribution in [0.2, 0.25) is 0 Å². The van der Waals surface area contributed by atoms with E-state index in [9.17, 15) is 0 Å². The molecule has 5 heavy (non-hydrogen) atoms. The Hall–Kier alpha value is 1.87. The minimum Gasteiger partial charge on any atom is -1.00 e. The van der Waals surface area contributed by atoms with Crippen LogP contribution in [-0.4, -0.2) is 29.5 Å². The maximum Gasteiger partial charge on any atom is 2.00 e. The average Bonchev–Trinajstić information content (AvgIpc) is 0.918. The van der Waals surface area contributed by atoms with Gasteiger partial charge in [0.15, 0.2) is 0 Å². The van der Waals surface area contributed by atoms with Crippen molar-refractivity contribution >= 4 is 29.5 Å². The van der Waals surface area contributed by atoms with Crippen molar-refractivity contribution in [2.45, 2.75) is 0 Å². The second kappa shape index (κ2) is 16.9. The zero-order valence-electron chi connectivity index (χ0n) is 6.27. The maximum atomic E-state index is 8.58. The number of carbonyl (C=O) groups is 1. The van der Waals surface area contributed by atoms with Crippen molar-refractivity contribution < 1.29 is 60.5 Å². The Morgan fingerprint density at radius 3 is 1.80 bits per heavy atom. The monoisotopic (exact) mass is 111 g/mol. The summed E-state index contributed by atoms with van der Waals surface area (Å²) < 4.78 is 0. The molecule has 0 aromatic carbocycles. The van der Waals surface area contributed by atoms with E-state index >= 15 is 0 Å². The Labute approximate surface area is 93.9 Å². The van der Waals surface area contributed by atoms with Gasteiger partial charge >= 0.3 is 74.4 Å². The van der Waals surface area contributed by atoms with Gasteiger partial charge in [0.2, 0.25) is 6.41 Å². The second-order valence-electron chi connectivity index (χ2n) is 0.136. The number of amides is 1. The standard InChI is InChI=1S/CH3NO.K.Mg.3H/c2-1-3;;;;;/h1H,(H2,2,3);;;;;/q;+1;+2;3*-1. The fraction of sp³-hybridized carbons (Fsp3) is 0. The van der Waals surface area contributed by atoms with E-state index in [2.05, 4.69) is 5.73 Å². The summed E-state index contributed by atoms with van der Waals surface area (Å²) in [6.45, 7) is 0. The van der Waals surface area contributed by atoms with Gasteiger partial charge in [0.05, 0.1) is 0 Å². The molecule has 0 aliphatic rings. The Kier molecular flexibility index (Phi) is 53.4. The van der Waals surface area contributed by atoms with Crippen molar-refractivity contribution in [3.63, 3.8) is 0 Å². The van der Waals surface area contributed by atoms with Crippen LogP contribution in [0.1, 0.15) is 4.28 Å². The molecule has 0 saturated heterocycles. The third-order valence-corrected chi connectivity index (χ3v) is 0. The fourth-order valence-electron chi connectivity index (χ4n) is 0. The summed E-state index contributed by atoms with van der Waals surface area (Å²) in [5.41, 5.74) is 4.17. The molecule has 0 rings (SSSR count). The van der Waals surface area contributed by atoms with Gasteiger partial charge in [-0.3, -0.25) is 4.79 Å². The van der Waals surface area contributed by atoms with Gasteiger partial charge in [0.1, 0.15) is 0 Å². The van der Waals surface area contributed by atoms with Crippen LogP contribution in [0.4, 0.5) is 0 Å². The number of primary amides is 1. The first-order valence-corrected chi connectivity index (χ1v) is 0.569. The molecule has 0 aliphatic heterocycles. The summed E-state index contributed by atoms with van der Waals surface area (Å²) >= 11 is 0. The van der Waals surface area contributed by atoms with Crippen LogP contribution in [0.3, 0.4) is 0 Å². The van der Waals surface area contributed by atoms with Gasteiger partial charge in [-0.1, -0.05) is 0 Å². The normalized spacial score (nSPS) is 2.40.